The first-order valence-corrected chi connectivity index (χ1v) is 6.48. The second kappa shape index (κ2) is 7.17. The van der Waals surface area contributed by atoms with Gasteiger partial charge in [0, 0.05) is 18.5 Å². The molecule has 1 N–H and O–H groups in total. The van der Waals surface area contributed by atoms with Gasteiger partial charge in [-0.05, 0) is 26.1 Å². The van der Waals surface area contributed by atoms with E-state index < -0.39 is 0 Å². The molecule has 0 saturated heterocycles. The predicted octanol–water partition coefficient (Wildman–Crippen LogP) is 1.93. The molecule has 0 aliphatic carbocycles. The monoisotopic (exact) mass is 248 g/mol. The Morgan fingerprint density at radius 2 is 1.83 bits per heavy atom. The highest BCUT2D eigenvalue weighted by atomic mass is 16.1. The zero-order valence-corrected chi connectivity index (χ0v) is 11.8. The lowest BCUT2D eigenvalue weighted by molar-refractivity contribution is -0.124. The highest BCUT2D eigenvalue weighted by Gasteiger charge is 2.14. The fourth-order valence-corrected chi connectivity index (χ4v) is 1.75. The molecule has 0 radical (unpaired) electrons. The fraction of sp³-hybridized carbons (Fsp3) is 0.533. The third-order valence-corrected chi connectivity index (χ3v) is 3.08. The van der Waals surface area contributed by atoms with Crippen LogP contribution in [0.5, 0.6) is 0 Å². The van der Waals surface area contributed by atoms with Crippen molar-refractivity contribution in [3.8, 4) is 0 Å². The average Bonchev–Trinajstić information content (AvgIpc) is 2.34. The molecule has 1 aromatic carbocycles. The molecule has 0 spiro atoms. The molecular weight excluding hydrogens is 224 g/mol. The van der Waals surface area contributed by atoms with E-state index in [0.717, 1.165) is 6.42 Å². The molecule has 0 fully saturated rings. The quantitative estimate of drug-likeness (QED) is 0.834. The molecule has 0 unspecified atom stereocenters. The minimum absolute atomic E-state index is 0.0459. The Kier molecular flexibility index (Phi) is 5.86. The number of benzene rings is 1. The number of carbonyl (C=O) groups excluding carboxylic acids is 1. The molecule has 0 saturated carbocycles. The van der Waals surface area contributed by atoms with E-state index in [1.54, 1.807) is 0 Å². The first kappa shape index (κ1) is 14.7. The minimum Gasteiger partial charge on any atom is -0.354 e. The number of carbonyl (C=O) groups is 1. The van der Waals surface area contributed by atoms with E-state index in [2.05, 4.69) is 48.6 Å². The van der Waals surface area contributed by atoms with Crippen LogP contribution < -0.4 is 5.32 Å². The molecule has 3 heteroatoms. The van der Waals surface area contributed by atoms with Crippen molar-refractivity contribution in [1.82, 2.24) is 10.2 Å². The van der Waals surface area contributed by atoms with Crippen LogP contribution in [0.25, 0.3) is 0 Å². The topological polar surface area (TPSA) is 32.3 Å². The smallest absolute Gasteiger partial charge is 0.222 e. The van der Waals surface area contributed by atoms with Gasteiger partial charge in [0.1, 0.15) is 0 Å². The van der Waals surface area contributed by atoms with Gasteiger partial charge in [-0.3, -0.25) is 4.79 Å². The van der Waals surface area contributed by atoms with Crippen molar-refractivity contribution in [2.24, 2.45) is 5.92 Å². The number of amides is 1. The number of hydrogen-bond donors (Lipinski definition) is 1. The van der Waals surface area contributed by atoms with E-state index in [-0.39, 0.29) is 11.8 Å². The summed E-state index contributed by atoms with van der Waals surface area (Å²) in [6.07, 6.45) is 0.951. The van der Waals surface area contributed by atoms with Crippen LogP contribution in [0.15, 0.2) is 30.3 Å². The number of hydrogen-bond acceptors (Lipinski definition) is 2. The molecule has 0 bridgehead atoms. The van der Waals surface area contributed by atoms with Gasteiger partial charge in [-0.25, -0.2) is 0 Å². The minimum atomic E-state index is 0.0459. The van der Waals surface area contributed by atoms with Gasteiger partial charge in [0.15, 0.2) is 0 Å². The second-order valence-electron chi connectivity index (χ2n) is 5.21. The molecule has 0 aromatic heterocycles. The van der Waals surface area contributed by atoms with Crippen LogP contribution in [-0.2, 0) is 11.2 Å². The van der Waals surface area contributed by atoms with Gasteiger partial charge in [-0.2, -0.15) is 0 Å². The summed E-state index contributed by atoms with van der Waals surface area (Å²) in [7, 11) is 4.10. The van der Waals surface area contributed by atoms with Gasteiger partial charge < -0.3 is 10.2 Å². The summed E-state index contributed by atoms with van der Waals surface area (Å²) in [5, 5.41) is 3.00. The van der Waals surface area contributed by atoms with Crippen molar-refractivity contribution < 1.29 is 4.79 Å². The van der Waals surface area contributed by atoms with E-state index in [1.807, 2.05) is 19.9 Å². The van der Waals surface area contributed by atoms with E-state index in [0.29, 0.717) is 12.6 Å². The van der Waals surface area contributed by atoms with E-state index in [1.165, 1.54) is 5.56 Å². The van der Waals surface area contributed by atoms with Crippen LogP contribution in [-0.4, -0.2) is 37.5 Å². The lowest BCUT2D eigenvalue weighted by Gasteiger charge is -2.25. The lowest BCUT2D eigenvalue weighted by Crippen LogP contribution is -2.42. The Morgan fingerprint density at radius 3 is 2.33 bits per heavy atom. The molecule has 0 heterocycles. The molecule has 0 aliphatic heterocycles. The molecule has 100 valence electrons. The number of nitrogens with zero attached hydrogens (tertiary/aromatic N) is 1. The van der Waals surface area contributed by atoms with Crippen molar-refractivity contribution in [1.29, 1.82) is 0 Å². The van der Waals surface area contributed by atoms with Crippen LogP contribution in [0.1, 0.15) is 19.4 Å². The Hall–Kier alpha value is -1.35. The standard InChI is InChI=1S/C15H24N2O/c1-12(2)15(18)16-11-14(17(3)4)10-13-8-6-5-7-9-13/h5-9,12,14H,10-11H2,1-4H3,(H,16,18)/t14-/m1/s1. The summed E-state index contributed by atoms with van der Waals surface area (Å²) in [6, 6.07) is 10.7. The molecule has 18 heavy (non-hydrogen) atoms. The van der Waals surface area contributed by atoms with E-state index in [4.69, 9.17) is 0 Å². The first-order valence-electron chi connectivity index (χ1n) is 6.48. The highest BCUT2D eigenvalue weighted by Crippen LogP contribution is 2.06. The molecule has 1 atom stereocenters. The normalized spacial score (nSPS) is 12.8. The van der Waals surface area contributed by atoms with E-state index >= 15 is 0 Å². The molecule has 0 aliphatic rings. The zero-order valence-electron chi connectivity index (χ0n) is 11.8. The lowest BCUT2D eigenvalue weighted by atomic mass is 10.0. The summed E-state index contributed by atoms with van der Waals surface area (Å²) >= 11 is 0. The Bertz CT molecular complexity index is 360. The average molecular weight is 248 g/mol. The van der Waals surface area contributed by atoms with Crippen LogP contribution in [0.4, 0.5) is 0 Å². The van der Waals surface area contributed by atoms with Crippen LogP contribution in [0.2, 0.25) is 0 Å². The summed E-state index contributed by atoms with van der Waals surface area (Å²) in [4.78, 5) is 13.8. The number of rotatable bonds is 6. The maximum Gasteiger partial charge on any atom is 0.222 e. The third-order valence-electron chi connectivity index (χ3n) is 3.08. The maximum absolute atomic E-state index is 11.6. The summed E-state index contributed by atoms with van der Waals surface area (Å²) in [5.41, 5.74) is 1.30. The van der Waals surface area contributed by atoms with Gasteiger partial charge in [-0.1, -0.05) is 44.2 Å². The Balaban J connectivity index is 2.53. The highest BCUT2D eigenvalue weighted by molar-refractivity contribution is 5.77. The molecule has 3 nitrogen and oxygen atoms in total. The zero-order chi connectivity index (χ0) is 13.5. The Morgan fingerprint density at radius 1 is 1.22 bits per heavy atom. The third kappa shape index (κ3) is 4.88. The van der Waals surface area contributed by atoms with Crippen LogP contribution in [0, 0.1) is 5.92 Å². The van der Waals surface area contributed by atoms with Crippen molar-refractivity contribution in [2.75, 3.05) is 20.6 Å². The van der Waals surface area contributed by atoms with Crippen molar-refractivity contribution in [3.63, 3.8) is 0 Å². The van der Waals surface area contributed by atoms with Gasteiger partial charge in [-0.15, -0.1) is 0 Å². The van der Waals surface area contributed by atoms with Crippen molar-refractivity contribution in [3.05, 3.63) is 35.9 Å². The first-order chi connectivity index (χ1) is 8.50. The van der Waals surface area contributed by atoms with Crippen molar-refractivity contribution in [2.45, 2.75) is 26.3 Å². The van der Waals surface area contributed by atoms with Gasteiger partial charge in [0.05, 0.1) is 0 Å². The summed E-state index contributed by atoms with van der Waals surface area (Å²) in [6.45, 7) is 4.52. The Labute approximate surface area is 110 Å². The molecule has 1 rings (SSSR count). The summed E-state index contributed by atoms with van der Waals surface area (Å²) in [5.74, 6) is 0.166. The molecule has 1 amide bonds. The molecule has 1 aromatic rings. The number of likely N-dealkylation sites (N-methyl/N-ethyl adjacent to an activating group) is 1. The van der Waals surface area contributed by atoms with Crippen molar-refractivity contribution >= 4 is 5.91 Å². The van der Waals surface area contributed by atoms with Gasteiger partial charge >= 0.3 is 0 Å². The van der Waals surface area contributed by atoms with Crippen LogP contribution in [0.3, 0.4) is 0 Å². The largest absolute Gasteiger partial charge is 0.354 e. The number of nitrogens with one attached hydrogen (secondary N) is 1. The molecular formula is C15H24N2O. The van der Waals surface area contributed by atoms with E-state index in [9.17, 15) is 4.79 Å². The second-order valence-corrected chi connectivity index (χ2v) is 5.21. The predicted molar refractivity (Wildman–Crippen MR) is 75.5 cm³/mol. The van der Waals surface area contributed by atoms with Gasteiger partial charge in [0.25, 0.3) is 0 Å². The fourth-order valence-electron chi connectivity index (χ4n) is 1.75. The summed E-state index contributed by atoms with van der Waals surface area (Å²) < 4.78 is 0. The maximum atomic E-state index is 11.6. The van der Waals surface area contributed by atoms with Crippen LogP contribution >= 0.6 is 0 Å². The van der Waals surface area contributed by atoms with Gasteiger partial charge in [0.2, 0.25) is 5.91 Å². The SMILES string of the molecule is CC(C)C(=O)NC[C@@H](Cc1ccccc1)N(C)C.